The molecule has 0 bridgehead atoms. The van der Waals surface area contributed by atoms with Crippen molar-refractivity contribution >= 4 is 29.2 Å². The van der Waals surface area contributed by atoms with Gasteiger partial charge in [0.25, 0.3) is 5.91 Å². The van der Waals surface area contributed by atoms with Crippen LogP contribution >= 0.6 is 0 Å². The van der Waals surface area contributed by atoms with Crippen LogP contribution in [0, 0.1) is 17.6 Å². The molecular weight excluding hydrogens is 382 g/mol. The van der Waals surface area contributed by atoms with Crippen molar-refractivity contribution in [1.82, 2.24) is 0 Å². The van der Waals surface area contributed by atoms with Crippen LogP contribution in [-0.2, 0) is 25.5 Å². The molecule has 0 unspecified atom stereocenters. The summed E-state index contributed by atoms with van der Waals surface area (Å²) in [6, 6.07) is 10.4. The third kappa shape index (κ3) is 4.77. The molecule has 2 aromatic rings. The molecule has 0 radical (unpaired) electrons. The summed E-state index contributed by atoms with van der Waals surface area (Å²) in [6.07, 6.45) is 0.751. The standard InChI is InChI=1S/C21H20F2N2O4/c1-2-13-5-3-4-6-18(13)25-11-14(9-20(25)27)21(28)29-12-19(26)24-15-7-8-16(22)17(23)10-15/h3-8,10,14H,2,9,11-12H2,1H3,(H,24,26)/t14-/m0/s1. The molecule has 0 aromatic heterocycles. The normalized spacial score (nSPS) is 16.0. The zero-order valence-electron chi connectivity index (χ0n) is 15.8. The van der Waals surface area contributed by atoms with Crippen LogP contribution in [0.25, 0.3) is 0 Å². The van der Waals surface area contributed by atoms with Crippen LogP contribution in [0.5, 0.6) is 0 Å². The lowest BCUT2D eigenvalue weighted by molar-refractivity contribution is -0.151. The van der Waals surface area contributed by atoms with Gasteiger partial charge in [0.15, 0.2) is 18.2 Å². The molecule has 3 rings (SSSR count). The summed E-state index contributed by atoms with van der Waals surface area (Å²) < 4.78 is 31.1. The number of hydrogen-bond donors (Lipinski definition) is 1. The number of carbonyl (C=O) groups excluding carboxylic acids is 3. The van der Waals surface area contributed by atoms with E-state index < -0.39 is 36.0 Å². The largest absolute Gasteiger partial charge is 0.455 e. The van der Waals surface area contributed by atoms with E-state index in [-0.39, 0.29) is 24.6 Å². The number of carbonyl (C=O) groups is 3. The highest BCUT2D eigenvalue weighted by Gasteiger charge is 2.37. The van der Waals surface area contributed by atoms with Crippen molar-refractivity contribution in [2.45, 2.75) is 19.8 Å². The topological polar surface area (TPSA) is 75.7 Å². The van der Waals surface area contributed by atoms with E-state index in [4.69, 9.17) is 4.74 Å². The zero-order chi connectivity index (χ0) is 21.0. The predicted octanol–water partition coefficient (Wildman–Crippen LogP) is 3.06. The number of rotatable bonds is 6. The van der Waals surface area contributed by atoms with Gasteiger partial charge in [0.1, 0.15) is 0 Å². The van der Waals surface area contributed by atoms with Crippen molar-refractivity contribution in [1.29, 1.82) is 0 Å². The molecule has 1 aliphatic rings. The Hall–Kier alpha value is -3.29. The molecule has 29 heavy (non-hydrogen) atoms. The van der Waals surface area contributed by atoms with E-state index in [1.807, 2.05) is 31.2 Å². The first-order valence-corrected chi connectivity index (χ1v) is 9.18. The highest BCUT2D eigenvalue weighted by molar-refractivity contribution is 6.00. The van der Waals surface area contributed by atoms with E-state index in [1.54, 1.807) is 4.90 Å². The summed E-state index contributed by atoms with van der Waals surface area (Å²) in [5, 5.41) is 2.31. The van der Waals surface area contributed by atoms with E-state index in [0.29, 0.717) is 0 Å². The minimum Gasteiger partial charge on any atom is -0.455 e. The summed E-state index contributed by atoms with van der Waals surface area (Å²) >= 11 is 0. The maximum Gasteiger partial charge on any atom is 0.311 e. The summed E-state index contributed by atoms with van der Waals surface area (Å²) in [5.41, 5.74) is 1.82. The van der Waals surface area contributed by atoms with Crippen LogP contribution in [0.4, 0.5) is 20.2 Å². The Bertz CT molecular complexity index is 948. The molecule has 8 heteroatoms. The van der Waals surface area contributed by atoms with Gasteiger partial charge in [-0.05, 0) is 30.2 Å². The summed E-state index contributed by atoms with van der Waals surface area (Å²) in [4.78, 5) is 38.1. The number of ether oxygens (including phenoxy) is 1. The fourth-order valence-electron chi connectivity index (χ4n) is 3.20. The smallest absolute Gasteiger partial charge is 0.311 e. The van der Waals surface area contributed by atoms with Gasteiger partial charge in [-0.1, -0.05) is 25.1 Å². The molecule has 0 saturated carbocycles. The van der Waals surface area contributed by atoms with Crippen molar-refractivity contribution < 1.29 is 27.9 Å². The number of esters is 1. The molecule has 0 spiro atoms. The molecular formula is C21H20F2N2O4. The number of aryl methyl sites for hydroxylation is 1. The number of halogens is 2. The molecule has 152 valence electrons. The maximum atomic E-state index is 13.2. The van der Waals surface area contributed by atoms with E-state index >= 15 is 0 Å². The second-order valence-corrected chi connectivity index (χ2v) is 6.67. The highest BCUT2D eigenvalue weighted by atomic mass is 19.2. The number of nitrogens with one attached hydrogen (secondary N) is 1. The van der Waals surface area contributed by atoms with Crippen LogP contribution in [-0.4, -0.2) is 30.9 Å². The fourth-order valence-corrected chi connectivity index (χ4v) is 3.20. The Kier molecular flexibility index (Phi) is 6.21. The lowest BCUT2D eigenvalue weighted by atomic mass is 10.1. The van der Waals surface area contributed by atoms with E-state index in [9.17, 15) is 23.2 Å². The second kappa shape index (κ2) is 8.81. The molecule has 0 aliphatic carbocycles. The molecule has 1 N–H and O–H groups in total. The van der Waals surface area contributed by atoms with Crippen LogP contribution in [0.15, 0.2) is 42.5 Å². The molecule has 2 amide bonds. The molecule has 2 aromatic carbocycles. The van der Waals surface area contributed by atoms with Gasteiger partial charge in [0.05, 0.1) is 5.92 Å². The predicted molar refractivity (Wildman–Crippen MR) is 102 cm³/mol. The van der Waals surface area contributed by atoms with E-state index in [1.165, 1.54) is 6.07 Å². The van der Waals surface area contributed by atoms with Crippen molar-refractivity contribution in [3.05, 3.63) is 59.7 Å². The average Bonchev–Trinajstić information content (AvgIpc) is 3.10. The quantitative estimate of drug-likeness (QED) is 0.754. The lowest BCUT2D eigenvalue weighted by Crippen LogP contribution is -2.28. The first kappa shape index (κ1) is 20.4. The van der Waals surface area contributed by atoms with Crippen molar-refractivity contribution in [2.75, 3.05) is 23.4 Å². The van der Waals surface area contributed by atoms with Gasteiger partial charge in [-0.25, -0.2) is 8.78 Å². The number of hydrogen-bond acceptors (Lipinski definition) is 4. The summed E-state index contributed by atoms with van der Waals surface area (Å²) in [5.74, 6) is -4.34. The number of anilines is 2. The first-order chi connectivity index (χ1) is 13.9. The Labute approximate surface area is 166 Å². The van der Waals surface area contributed by atoms with Gasteiger partial charge >= 0.3 is 5.97 Å². The first-order valence-electron chi connectivity index (χ1n) is 9.18. The van der Waals surface area contributed by atoms with E-state index in [0.717, 1.165) is 29.8 Å². The van der Waals surface area contributed by atoms with Crippen LogP contribution < -0.4 is 10.2 Å². The molecule has 1 heterocycles. The number of nitrogens with zero attached hydrogens (tertiary/aromatic N) is 1. The van der Waals surface area contributed by atoms with Gasteiger partial charge in [0, 0.05) is 30.4 Å². The second-order valence-electron chi connectivity index (χ2n) is 6.67. The van der Waals surface area contributed by atoms with Gasteiger partial charge in [-0.15, -0.1) is 0 Å². The Morgan fingerprint density at radius 3 is 2.66 bits per heavy atom. The fraction of sp³-hybridized carbons (Fsp3) is 0.286. The number of benzene rings is 2. The van der Waals surface area contributed by atoms with Crippen molar-refractivity contribution in [3.8, 4) is 0 Å². The molecule has 1 saturated heterocycles. The minimum absolute atomic E-state index is 0.00166. The van der Waals surface area contributed by atoms with Crippen molar-refractivity contribution in [2.24, 2.45) is 5.92 Å². The SMILES string of the molecule is CCc1ccccc1N1C[C@@H](C(=O)OCC(=O)Nc2ccc(F)c(F)c2)CC1=O. The maximum absolute atomic E-state index is 13.2. The Morgan fingerprint density at radius 1 is 1.17 bits per heavy atom. The van der Waals surface area contributed by atoms with Gasteiger partial charge in [-0.3, -0.25) is 14.4 Å². The number of amides is 2. The summed E-state index contributed by atoms with van der Waals surface area (Å²) in [6.45, 7) is 1.57. The molecule has 1 fully saturated rings. The Morgan fingerprint density at radius 2 is 1.93 bits per heavy atom. The van der Waals surface area contributed by atoms with Crippen LogP contribution in [0.1, 0.15) is 18.9 Å². The highest BCUT2D eigenvalue weighted by Crippen LogP contribution is 2.29. The monoisotopic (exact) mass is 402 g/mol. The lowest BCUT2D eigenvalue weighted by Gasteiger charge is -2.19. The van der Waals surface area contributed by atoms with Crippen molar-refractivity contribution in [3.63, 3.8) is 0 Å². The van der Waals surface area contributed by atoms with Crippen LogP contribution in [0.3, 0.4) is 0 Å². The van der Waals surface area contributed by atoms with Crippen LogP contribution in [0.2, 0.25) is 0 Å². The van der Waals surface area contributed by atoms with Gasteiger partial charge in [0.2, 0.25) is 5.91 Å². The van der Waals surface area contributed by atoms with Gasteiger partial charge in [-0.2, -0.15) is 0 Å². The summed E-state index contributed by atoms with van der Waals surface area (Å²) in [7, 11) is 0. The minimum atomic E-state index is -1.10. The molecule has 1 aliphatic heterocycles. The number of para-hydroxylation sites is 1. The molecule has 6 nitrogen and oxygen atoms in total. The van der Waals surface area contributed by atoms with Gasteiger partial charge < -0.3 is 15.0 Å². The third-order valence-corrected chi connectivity index (χ3v) is 4.67. The molecule has 1 atom stereocenters. The van der Waals surface area contributed by atoms with E-state index in [2.05, 4.69) is 5.32 Å². The zero-order valence-corrected chi connectivity index (χ0v) is 15.8. The Balaban J connectivity index is 1.55. The third-order valence-electron chi connectivity index (χ3n) is 4.67. The average molecular weight is 402 g/mol.